The van der Waals surface area contributed by atoms with Crippen molar-refractivity contribution in [2.45, 2.75) is 52.9 Å². The molecule has 1 rings (SSSR count). The van der Waals surface area contributed by atoms with Crippen LogP contribution in [0.4, 0.5) is 0 Å². The van der Waals surface area contributed by atoms with Crippen LogP contribution in [0, 0.1) is 5.92 Å². The van der Waals surface area contributed by atoms with E-state index < -0.39 is 0 Å². The average molecular weight is 284 g/mol. The molecule has 0 saturated heterocycles. The molecule has 3 heteroatoms. The predicted octanol–water partition coefficient (Wildman–Crippen LogP) is 4.27. The predicted molar refractivity (Wildman–Crippen MR) is 82.6 cm³/mol. The minimum atomic E-state index is 0.118. The molecule has 1 aromatic carbocycles. The molecule has 0 bridgehead atoms. The zero-order chi connectivity index (χ0) is 14.5. The van der Waals surface area contributed by atoms with Gasteiger partial charge in [0.05, 0.1) is 12.7 Å². The number of halogens is 1. The molecule has 1 aromatic rings. The first-order valence-corrected chi connectivity index (χ1v) is 7.27. The molecule has 108 valence electrons. The molecule has 0 radical (unpaired) electrons. The summed E-state index contributed by atoms with van der Waals surface area (Å²) in [4.78, 5) is 0. The van der Waals surface area contributed by atoms with Gasteiger partial charge in [0.25, 0.3) is 0 Å². The Labute approximate surface area is 122 Å². The minimum absolute atomic E-state index is 0.118. The quantitative estimate of drug-likeness (QED) is 0.842. The van der Waals surface area contributed by atoms with Crippen LogP contribution in [0.25, 0.3) is 0 Å². The van der Waals surface area contributed by atoms with Crippen molar-refractivity contribution >= 4 is 11.6 Å². The minimum Gasteiger partial charge on any atom is -0.372 e. The number of rotatable bonds is 6. The third-order valence-electron chi connectivity index (χ3n) is 2.93. The van der Waals surface area contributed by atoms with Crippen LogP contribution in [-0.4, -0.2) is 18.2 Å². The van der Waals surface area contributed by atoms with Gasteiger partial charge in [-0.15, -0.1) is 0 Å². The van der Waals surface area contributed by atoms with Crippen LogP contribution in [0.1, 0.15) is 40.2 Å². The third kappa shape index (κ3) is 6.95. The molecule has 0 aliphatic heterocycles. The lowest BCUT2D eigenvalue weighted by Crippen LogP contribution is -2.43. The van der Waals surface area contributed by atoms with Crippen LogP contribution in [-0.2, 0) is 11.3 Å². The van der Waals surface area contributed by atoms with E-state index in [0.29, 0.717) is 12.5 Å². The maximum atomic E-state index is 6.02. The van der Waals surface area contributed by atoms with Crippen LogP contribution >= 0.6 is 11.6 Å². The molecular weight excluding hydrogens is 258 g/mol. The number of benzene rings is 1. The van der Waals surface area contributed by atoms with E-state index in [1.54, 1.807) is 0 Å². The highest BCUT2D eigenvalue weighted by Gasteiger charge is 2.17. The molecule has 0 heterocycles. The van der Waals surface area contributed by atoms with Crippen LogP contribution in [0.15, 0.2) is 24.3 Å². The highest BCUT2D eigenvalue weighted by atomic mass is 35.5. The molecule has 0 amide bonds. The van der Waals surface area contributed by atoms with Crippen LogP contribution < -0.4 is 5.32 Å². The molecule has 1 unspecified atom stereocenters. The third-order valence-corrected chi connectivity index (χ3v) is 3.17. The van der Waals surface area contributed by atoms with Gasteiger partial charge in [-0.1, -0.05) is 37.6 Å². The fourth-order valence-corrected chi connectivity index (χ4v) is 1.94. The summed E-state index contributed by atoms with van der Waals surface area (Å²) in [6.07, 6.45) is 0.207. The van der Waals surface area contributed by atoms with Crippen LogP contribution in [0.3, 0.4) is 0 Å². The van der Waals surface area contributed by atoms with E-state index in [1.165, 1.54) is 0 Å². The van der Waals surface area contributed by atoms with Crippen molar-refractivity contribution in [3.05, 3.63) is 34.9 Å². The molecule has 19 heavy (non-hydrogen) atoms. The molecule has 1 N–H and O–H groups in total. The number of ether oxygens (including phenoxy) is 1. The molecule has 0 aliphatic rings. The second-order valence-corrected chi connectivity index (χ2v) is 6.79. The first-order valence-electron chi connectivity index (χ1n) is 6.89. The van der Waals surface area contributed by atoms with E-state index in [4.69, 9.17) is 16.3 Å². The van der Waals surface area contributed by atoms with Gasteiger partial charge in [0.2, 0.25) is 0 Å². The van der Waals surface area contributed by atoms with E-state index in [-0.39, 0.29) is 11.6 Å². The van der Waals surface area contributed by atoms with Gasteiger partial charge in [0.1, 0.15) is 0 Å². The zero-order valence-electron chi connectivity index (χ0n) is 12.7. The van der Waals surface area contributed by atoms with Crippen molar-refractivity contribution < 1.29 is 4.74 Å². The summed E-state index contributed by atoms with van der Waals surface area (Å²) in [7, 11) is 0. The smallest absolute Gasteiger partial charge is 0.0727 e. The molecule has 1 atom stereocenters. The number of hydrogen-bond acceptors (Lipinski definition) is 2. The summed E-state index contributed by atoms with van der Waals surface area (Å²) < 4.78 is 6.02. The SMILES string of the molecule is CC(C)C(CNC(C)(C)C)OCc1cccc(Cl)c1. The Hall–Kier alpha value is -0.570. The van der Waals surface area contributed by atoms with Crippen molar-refractivity contribution in [2.75, 3.05) is 6.54 Å². The maximum Gasteiger partial charge on any atom is 0.0727 e. The monoisotopic (exact) mass is 283 g/mol. The van der Waals surface area contributed by atoms with Crippen LogP contribution in [0.2, 0.25) is 5.02 Å². The highest BCUT2D eigenvalue weighted by molar-refractivity contribution is 6.30. The summed E-state index contributed by atoms with van der Waals surface area (Å²) in [5.74, 6) is 0.481. The van der Waals surface area contributed by atoms with E-state index in [9.17, 15) is 0 Å². The zero-order valence-corrected chi connectivity index (χ0v) is 13.4. The van der Waals surface area contributed by atoms with Crippen molar-refractivity contribution in [1.29, 1.82) is 0 Å². The Bertz CT molecular complexity index is 385. The molecule has 2 nitrogen and oxygen atoms in total. The van der Waals surface area contributed by atoms with Gasteiger partial charge in [0.15, 0.2) is 0 Å². The van der Waals surface area contributed by atoms with E-state index in [2.05, 4.69) is 39.9 Å². The standard InChI is InChI=1S/C16H26ClNO/c1-12(2)15(10-18-16(3,4)5)19-11-13-7-6-8-14(17)9-13/h6-9,12,15,18H,10-11H2,1-5H3. The van der Waals surface area contributed by atoms with Gasteiger partial charge in [-0.2, -0.15) is 0 Å². The topological polar surface area (TPSA) is 21.3 Å². The largest absolute Gasteiger partial charge is 0.372 e. The fraction of sp³-hybridized carbons (Fsp3) is 0.625. The van der Waals surface area contributed by atoms with Gasteiger partial charge >= 0.3 is 0 Å². The van der Waals surface area contributed by atoms with Gasteiger partial charge in [-0.05, 0) is 44.4 Å². The Balaban J connectivity index is 2.50. The fourth-order valence-electron chi connectivity index (χ4n) is 1.72. The average Bonchev–Trinajstić information content (AvgIpc) is 2.27. The second-order valence-electron chi connectivity index (χ2n) is 6.35. The summed E-state index contributed by atoms with van der Waals surface area (Å²) in [6, 6.07) is 7.83. The first kappa shape index (κ1) is 16.5. The van der Waals surface area contributed by atoms with E-state index >= 15 is 0 Å². The molecular formula is C16H26ClNO. The van der Waals surface area contributed by atoms with Gasteiger partial charge < -0.3 is 10.1 Å². The van der Waals surface area contributed by atoms with Crippen molar-refractivity contribution in [2.24, 2.45) is 5.92 Å². The van der Waals surface area contributed by atoms with E-state index in [1.807, 2.05) is 24.3 Å². The van der Waals surface area contributed by atoms with Gasteiger partial charge in [-0.3, -0.25) is 0 Å². The molecule has 0 aromatic heterocycles. The molecule has 0 fully saturated rings. The number of hydrogen-bond donors (Lipinski definition) is 1. The van der Waals surface area contributed by atoms with Gasteiger partial charge in [0, 0.05) is 17.1 Å². The van der Waals surface area contributed by atoms with Crippen molar-refractivity contribution in [1.82, 2.24) is 5.32 Å². The molecule has 0 spiro atoms. The number of nitrogens with one attached hydrogen (secondary N) is 1. The summed E-state index contributed by atoms with van der Waals surface area (Å²) in [5.41, 5.74) is 1.24. The molecule has 0 aliphatic carbocycles. The molecule has 0 saturated carbocycles. The van der Waals surface area contributed by atoms with Crippen LogP contribution in [0.5, 0.6) is 0 Å². The first-order chi connectivity index (χ1) is 8.78. The Morgan fingerprint density at radius 2 is 1.95 bits per heavy atom. The normalized spacial score (nSPS) is 13.8. The Kier molecular flexibility index (Phi) is 6.31. The Morgan fingerprint density at radius 1 is 1.26 bits per heavy atom. The second kappa shape index (κ2) is 7.28. The summed E-state index contributed by atoms with van der Waals surface area (Å²) in [6.45, 7) is 12.3. The summed E-state index contributed by atoms with van der Waals surface area (Å²) in [5, 5.41) is 4.26. The highest BCUT2D eigenvalue weighted by Crippen LogP contribution is 2.14. The van der Waals surface area contributed by atoms with Gasteiger partial charge in [-0.25, -0.2) is 0 Å². The Morgan fingerprint density at radius 3 is 2.47 bits per heavy atom. The lowest BCUT2D eigenvalue weighted by Gasteiger charge is -2.27. The van der Waals surface area contributed by atoms with Crippen molar-refractivity contribution in [3.63, 3.8) is 0 Å². The maximum absolute atomic E-state index is 6.02. The lowest BCUT2D eigenvalue weighted by molar-refractivity contribution is 0.00787. The van der Waals surface area contributed by atoms with E-state index in [0.717, 1.165) is 17.1 Å². The lowest BCUT2D eigenvalue weighted by atomic mass is 10.0. The van der Waals surface area contributed by atoms with Crippen molar-refractivity contribution in [3.8, 4) is 0 Å². The summed E-state index contributed by atoms with van der Waals surface area (Å²) >= 11 is 5.98.